The van der Waals surface area contributed by atoms with Crippen LogP contribution in [-0.2, 0) is 9.59 Å². The van der Waals surface area contributed by atoms with Crippen molar-refractivity contribution in [3.63, 3.8) is 0 Å². The summed E-state index contributed by atoms with van der Waals surface area (Å²) in [5.74, 6) is -0.00704. The van der Waals surface area contributed by atoms with Gasteiger partial charge in [0.25, 0.3) is 0 Å². The van der Waals surface area contributed by atoms with Crippen molar-refractivity contribution in [2.24, 2.45) is 5.92 Å². The fourth-order valence-electron chi connectivity index (χ4n) is 2.47. The Hall–Kier alpha value is -1.41. The quantitative estimate of drug-likeness (QED) is 0.707. The molecule has 0 spiro atoms. The second kappa shape index (κ2) is 5.07. The van der Waals surface area contributed by atoms with Gasteiger partial charge in [-0.25, -0.2) is 0 Å². The van der Waals surface area contributed by atoms with Crippen LogP contribution in [0.3, 0.4) is 0 Å². The van der Waals surface area contributed by atoms with E-state index < -0.39 is 5.54 Å². The highest BCUT2D eigenvalue weighted by atomic mass is 16.2. The van der Waals surface area contributed by atoms with Crippen LogP contribution in [0.5, 0.6) is 0 Å². The number of nitriles is 1. The minimum Gasteiger partial charge on any atom is -0.298 e. The van der Waals surface area contributed by atoms with E-state index in [-0.39, 0.29) is 24.3 Å². The zero-order valence-corrected chi connectivity index (χ0v) is 10.7. The highest BCUT2D eigenvalue weighted by Gasteiger charge is 2.48. The first-order chi connectivity index (χ1) is 8.63. The third-order valence-corrected chi connectivity index (χ3v) is 3.73. The van der Waals surface area contributed by atoms with Gasteiger partial charge in [0.1, 0.15) is 5.54 Å². The van der Waals surface area contributed by atoms with Crippen molar-refractivity contribution in [2.75, 3.05) is 13.1 Å². The number of likely N-dealkylation sites (tertiary alicyclic amines) is 1. The Morgan fingerprint density at radius 2 is 2.00 bits per heavy atom. The normalized spacial score (nSPS) is 23.0. The molecule has 2 rings (SSSR count). The van der Waals surface area contributed by atoms with Gasteiger partial charge >= 0.3 is 0 Å². The lowest BCUT2D eigenvalue weighted by Crippen LogP contribution is -2.55. The molecule has 1 aliphatic heterocycles. The molecule has 2 fully saturated rings. The standard InChI is InChI=1S/C13H19N3O2/c1-2-7-15-13(8-14,10-3-4-10)9-16-11(17)5-6-12(16)18/h10,15H,2-7,9H2,1H3. The number of carbonyl (C=O) groups excluding carboxylic acids is 2. The third-order valence-electron chi connectivity index (χ3n) is 3.73. The minimum absolute atomic E-state index is 0.140. The fraction of sp³-hybridized carbons (Fsp3) is 0.769. The zero-order valence-electron chi connectivity index (χ0n) is 10.7. The molecule has 18 heavy (non-hydrogen) atoms. The van der Waals surface area contributed by atoms with Gasteiger partial charge in [-0.1, -0.05) is 6.92 Å². The van der Waals surface area contributed by atoms with Crippen molar-refractivity contribution in [3.05, 3.63) is 0 Å². The van der Waals surface area contributed by atoms with E-state index in [4.69, 9.17) is 0 Å². The van der Waals surface area contributed by atoms with Gasteiger partial charge in [0.05, 0.1) is 12.6 Å². The molecule has 1 N–H and O–H groups in total. The molecule has 0 radical (unpaired) electrons. The van der Waals surface area contributed by atoms with Crippen molar-refractivity contribution < 1.29 is 9.59 Å². The lowest BCUT2D eigenvalue weighted by atomic mass is 9.94. The van der Waals surface area contributed by atoms with Crippen LogP contribution in [0.1, 0.15) is 39.0 Å². The molecule has 5 nitrogen and oxygen atoms in total. The van der Waals surface area contributed by atoms with Crippen LogP contribution in [0, 0.1) is 17.2 Å². The molecule has 0 aromatic carbocycles. The number of carbonyl (C=O) groups is 2. The van der Waals surface area contributed by atoms with Gasteiger partial charge in [-0.05, 0) is 31.7 Å². The van der Waals surface area contributed by atoms with Crippen LogP contribution in [-0.4, -0.2) is 35.3 Å². The van der Waals surface area contributed by atoms with Crippen LogP contribution in [0.4, 0.5) is 0 Å². The average Bonchev–Trinajstić information content (AvgIpc) is 3.17. The molecule has 0 bridgehead atoms. The van der Waals surface area contributed by atoms with E-state index in [1.54, 1.807) is 0 Å². The predicted molar refractivity (Wildman–Crippen MR) is 65.3 cm³/mol. The summed E-state index contributed by atoms with van der Waals surface area (Å²) >= 11 is 0. The first-order valence-electron chi connectivity index (χ1n) is 6.62. The van der Waals surface area contributed by atoms with E-state index in [1.165, 1.54) is 4.90 Å². The molecule has 1 saturated carbocycles. The van der Waals surface area contributed by atoms with Gasteiger partial charge in [-0.15, -0.1) is 0 Å². The van der Waals surface area contributed by atoms with Crippen molar-refractivity contribution in [1.82, 2.24) is 10.2 Å². The highest BCUT2D eigenvalue weighted by Crippen LogP contribution is 2.40. The summed E-state index contributed by atoms with van der Waals surface area (Å²) in [4.78, 5) is 24.6. The molecule has 0 aromatic heterocycles. The number of imide groups is 1. The predicted octanol–water partition coefficient (Wildman–Crippen LogP) is 0.807. The number of nitrogens with zero attached hydrogens (tertiary/aromatic N) is 2. The molecule has 1 atom stereocenters. The molecule has 1 unspecified atom stereocenters. The maximum atomic E-state index is 11.7. The van der Waals surface area contributed by atoms with E-state index in [9.17, 15) is 14.9 Å². The Bertz CT molecular complexity index is 382. The second-order valence-electron chi connectivity index (χ2n) is 5.16. The number of rotatable bonds is 6. The number of nitrogens with one attached hydrogen (secondary N) is 1. The van der Waals surface area contributed by atoms with Gasteiger partial charge in [-0.2, -0.15) is 5.26 Å². The molecule has 1 aliphatic carbocycles. The highest BCUT2D eigenvalue weighted by molar-refractivity contribution is 6.02. The summed E-state index contributed by atoms with van der Waals surface area (Å²) in [7, 11) is 0. The topological polar surface area (TPSA) is 73.2 Å². The van der Waals surface area contributed by atoms with Crippen LogP contribution < -0.4 is 5.32 Å². The minimum atomic E-state index is -0.730. The van der Waals surface area contributed by atoms with Gasteiger partial charge in [-0.3, -0.25) is 19.8 Å². The smallest absolute Gasteiger partial charge is 0.229 e. The summed E-state index contributed by atoms with van der Waals surface area (Å²) < 4.78 is 0. The largest absolute Gasteiger partial charge is 0.298 e. The van der Waals surface area contributed by atoms with Crippen LogP contribution in [0.15, 0.2) is 0 Å². The Morgan fingerprint density at radius 1 is 1.39 bits per heavy atom. The summed E-state index contributed by atoms with van der Waals surface area (Å²) in [5, 5.41) is 12.7. The molecule has 98 valence electrons. The second-order valence-corrected chi connectivity index (χ2v) is 5.16. The summed E-state index contributed by atoms with van der Waals surface area (Å²) in [6.45, 7) is 2.99. The molecule has 1 saturated heterocycles. The molecule has 1 heterocycles. The first kappa shape index (κ1) is 13.0. The lowest BCUT2D eigenvalue weighted by molar-refractivity contribution is -0.139. The molecule has 2 amide bonds. The monoisotopic (exact) mass is 249 g/mol. The molecular weight excluding hydrogens is 230 g/mol. The first-order valence-corrected chi connectivity index (χ1v) is 6.62. The van der Waals surface area contributed by atoms with Gasteiger partial charge in [0.2, 0.25) is 11.8 Å². The van der Waals surface area contributed by atoms with E-state index in [0.29, 0.717) is 12.8 Å². The maximum absolute atomic E-state index is 11.7. The molecular formula is C13H19N3O2. The van der Waals surface area contributed by atoms with Crippen LogP contribution >= 0.6 is 0 Å². The third kappa shape index (κ3) is 2.39. The van der Waals surface area contributed by atoms with Crippen LogP contribution in [0.2, 0.25) is 0 Å². The van der Waals surface area contributed by atoms with Crippen molar-refractivity contribution >= 4 is 11.8 Å². The summed E-state index contributed by atoms with van der Waals surface area (Å²) in [6.07, 6.45) is 3.51. The Kier molecular flexibility index (Phi) is 3.67. The average molecular weight is 249 g/mol. The maximum Gasteiger partial charge on any atom is 0.229 e. The molecule has 2 aliphatic rings. The lowest BCUT2D eigenvalue weighted by Gasteiger charge is -2.31. The summed E-state index contributed by atoms with van der Waals surface area (Å²) in [6, 6.07) is 2.32. The van der Waals surface area contributed by atoms with Crippen molar-refractivity contribution in [1.29, 1.82) is 5.26 Å². The van der Waals surface area contributed by atoms with E-state index in [0.717, 1.165) is 25.8 Å². The SMILES string of the molecule is CCCNC(C#N)(CN1C(=O)CCC1=O)C1CC1. The van der Waals surface area contributed by atoms with Gasteiger partial charge in [0.15, 0.2) is 0 Å². The van der Waals surface area contributed by atoms with Gasteiger partial charge in [0, 0.05) is 12.8 Å². The zero-order chi connectivity index (χ0) is 13.2. The number of hydrogen-bond acceptors (Lipinski definition) is 4. The molecule has 0 aromatic rings. The number of amides is 2. The Balaban J connectivity index is 2.11. The number of hydrogen-bond donors (Lipinski definition) is 1. The van der Waals surface area contributed by atoms with Crippen molar-refractivity contribution in [2.45, 2.75) is 44.6 Å². The van der Waals surface area contributed by atoms with Crippen molar-refractivity contribution in [3.8, 4) is 6.07 Å². The van der Waals surface area contributed by atoms with E-state index >= 15 is 0 Å². The molecule has 5 heteroatoms. The van der Waals surface area contributed by atoms with Crippen LogP contribution in [0.25, 0.3) is 0 Å². The van der Waals surface area contributed by atoms with E-state index in [2.05, 4.69) is 11.4 Å². The van der Waals surface area contributed by atoms with E-state index in [1.807, 2.05) is 6.92 Å². The fourth-order valence-corrected chi connectivity index (χ4v) is 2.47. The Morgan fingerprint density at radius 3 is 2.44 bits per heavy atom. The summed E-state index contributed by atoms with van der Waals surface area (Å²) in [5.41, 5.74) is -0.730. The van der Waals surface area contributed by atoms with Gasteiger partial charge < -0.3 is 0 Å². The Labute approximate surface area is 107 Å².